The van der Waals surface area contributed by atoms with E-state index in [2.05, 4.69) is 21.2 Å². The molecule has 2 N–H and O–H groups in total. The third kappa shape index (κ3) is 3.37. The van der Waals surface area contributed by atoms with E-state index in [1.807, 2.05) is 24.3 Å². The smallest absolute Gasteiger partial charge is 0.227 e. The van der Waals surface area contributed by atoms with Crippen LogP contribution in [0, 0.1) is 5.92 Å². The number of halogens is 1. The third-order valence-electron chi connectivity index (χ3n) is 3.21. The number of amides is 2. The largest absolute Gasteiger partial charge is 0.392 e. The molecule has 1 aliphatic heterocycles. The second-order valence-electron chi connectivity index (χ2n) is 4.95. The van der Waals surface area contributed by atoms with Crippen molar-refractivity contribution in [2.45, 2.75) is 19.4 Å². The Kier molecular flexibility index (Phi) is 4.77. The van der Waals surface area contributed by atoms with Crippen molar-refractivity contribution in [3.63, 3.8) is 0 Å². The Hall–Kier alpha value is -1.40. The molecule has 1 heterocycles. The summed E-state index contributed by atoms with van der Waals surface area (Å²) in [6, 6.07) is 7.44. The van der Waals surface area contributed by atoms with Crippen molar-refractivity contribution in [1.82, 2.24) is 5.32 Å². The second kappa shape index (κ2) is 6.37. The van der Waals surface area contributed by atoms with E-state index in [0.29, 0.717) is 6.54 Å². The fourth-order valence-electron chi connectivity index (χ4n) is 2.18. The van der Waals surface area contributed by atoms with Gasteiger partial charge in [-0.1, -0.05) is 12.1 Å². The van der Waals surface area contributed by atoms with Gasteiger partial charge in [-0.25, -0.2) is 0 Å². The Morgan fingerprint density at radius 2 is 2.25 bits per heavy atom. The number of para-hydroxylation sites is 1. The van der Waals surface area contributed by atoms with E-state index in [0.717, 1.165) is 10.2 Å². The van der Waals surface area contributed by atoms with Crippen LogP contribution in [0.25, 0.3) is 0 Å². The number of benzene rings is 1. The summed E-state index contributed by atoms with van der Waals surface area (Å²) in [6.07, 6.45) is -0.386. The number of nitrogens with one attached hydrogen (secondary N) is 1. The summed E-state index contributed by atoms with van der Waals surface area (Å²) >= 11 is 3.41. The Balaban J connectivity index is 2.04. The van der Waals surface area contributed by atoms with Gasteiger partial charge in [0.2, 0.25) is 11.8 Å². The minimum absolute atomic E-state index is 0.0610. The van der Waals surface area contributed by atoms with Gasteiger partial charge in [-0.2, -0.15) is 0 Å². The highest BCUT2D eigenvalue weighted by Crippen LogP contribution is 2.31. The molecule has 1 aromatic rings. The number of anilines is 1. The number of aliphatic hydroxyl groups is 1. The first-order valence-electron chi connectivity index (χ1n) is 6.49. The van der Waals surface area contributed by atoms with Gasteiger partial charge in [-0.3, -0.25) is 9.59 Å². The first kappa shape index (κ1) is 15.0. The molecule has 2 rings (SSSR count). The highest BCUT2D eigenvalue weighted by Gasteiger charge is 2.35. The van der Waals surface area contributed by atoms with E-state index >= 15 is 0 Å². The second-order valence-corrected chi connectivity index (χ2v) is 5.81. The molecule has 0 radical (unpaired) electrons. The van der Waals surface area contributed by atoms with E-state index in [-0.39, 0.29) is 30.7 Å². The summed E-state index contributed by atoms with van der Waals surface area (Å²) in [5, 5.41) is 11.8. The molecule has 108 valence electrons. The predicted octanol–water partition coefficient (Wildman–Crippen LogP) is 1.30. The fourth-order valence-corrected chi connectivity index (χ4v) is 2.68. The van der Waals surface area contributed by atoms with Gasteiger partial charge in [-0.15, -0.1) is 0 Å². The molecular weight excluding hydrogens is 324 g/mol. The first-order chi connectivity index (χ1) is 9.49. The van der Waals surface area contributed by atoms with Crippen LogP contribution in [-0.4, -0.2) is 36.1 Å². The molecule has 0 aromatic heterocycles. The van der Waals surface area contributed by atoms with Crippen molar-refractivity contribution in [2.24, 2.45) is 5.92 Å². The molecule has 20 heavy (non-hydrogen) atoms. The van der Waals surface area contributed by atoms with Crippen molar-refractivity contribution < 1.29 is 14.7 Å². The number of carbonyl (C=O) groups excluding carboxylic acids is 2. The molecule has 1 saturated heterocycles. The van der Waals surface area contributed by atoms with Crippen LogP contribution in [-0.2, 0) is 9.59 Å². The van der Waals surface area contributed by atoms with Gasteiger partial charge in [0.1, 0.15) is 0 Å². The molecule has 0 saturated carbocycles. The van der Waals surface area contributed by atoms with E-state index in [9.17, 15) is 9.59 Å². The molecule has 0 aliphatic carbocycles. The van der Waals surface area contributed by atoms with Gasteiger partial charge >= 0.3 is 0 Å². The van der Waals surface area contributed by atoms with Crippen LogP contribution in [0.2, 0.25) is 0 Å². The number of hydrogen-bond donors (Lipinski definition) is 2. The summed E-state index contributed by atoms with van der Waals surface area (Å²) in [5.74, 6) is -0.615. The lowest BCUT2D eigenvalue weighted by atomic mass is 10.1. The quantitative estimate of drug-likeness (QED) is 0.867. The van der Waals surface area contributed by atoms with Crippen LogP contribution in [0.15, 0.2) is 28.7 Å². The Labute approximate surface area is 126 Å². The van der Waals surface area contributed by atoms with Crippen molar-refractivity contribution in [2.75, 3.05) is 18.0 Å². The normalized spacial score (nSPS) is 20.1. The van der Waals surface area contributed by atoms with Crippen LogP contribution < -0.4 is 10.2 Å². The molecule has 0 spiro atoms. The van der Waals surface area contributed by atoms with E-state index in [1.54, 1.807) is 11.8 Å². The van der Waals surface area contributed by atoms with E-state index in [4.69, 9.17) is 5.11 Å². The molecule has 2 unspecified atom stereocenters. The summed E-state index contributed by atoms with van der Waals surface area (Å²) in [6.45, 7) is 2.18. The number of rotatable bonds is 4. The predicted molar refractivity (Wildman–Crippen MR) is 79.3 cm³/mol. The lowest BCUT2D eigenvalue weighted by Gasteiger charge is -2.18. The van der Waals surface area contributed by atoms with Crippen molar-refractivity contribution in [3.8, 4) is 0 Å². The average molecular weight is 341 g/mol. The standard InChI is InChI=1S/C14H17BrN2O3/c1-9(18)7-16-14(20)10-6-13(19)17(8-10)12-5-3-2-4-11(12)15/h2-5,9-10,18H,6-8H2,1H3,(H,16,20). The van der Waals surface area contributed by atoms with Crippen molar-refractivity contribution >= 4 is 33.4 Å². The summed E-state index contributed by atoms with van der Waals surface area (Å²) in [5.41, 5.74) is 0.781. The number of carbonyl (C=O) groups is 2. The zero-order valence-electron chi connectivity index (χ0n) is 11.2. The van der Waals surface area contributed by atoms with Crippen LogP contribution in [0.1, 0.15) is 13.3 Å². The summed E-state index contributed by atoms with van der Waals surface area (Å²) in [4.78, 5) is 25.6. The Morgan fingerprint density at radius 1 is 1.55 bits per heavy atom. The Bertz CT molecular complexity index is 519. The summed E-state index contributed by atoms with van der Waals surface area (Å²) in [7, 11) is 0. The highest BCUT2D eigenvalue weighted by molar-refractivity contribution is 9.10. The molecule has 6 heteroatoms. The topological polar surface area (TPSA) is 69.6 Å². The molecule has 2 amide bonds. The van der Waals surface area contributed by atoms with Crippen molar-refractivity contribution in [3.05, 3.63) is 28.7 Å². The monoisotopic (exact) mass is 340 g/mol. The zero-order valence-corrected chi connectivity index (χ0v) is 12.8. The molecule has 1 fully saturated rings. The molecular formula is C14H17BrN2O3. The van der Waals surface area contributed by atoms with Crippen LogP contribution in [0.3, 0.4) is 0 Å². The van der Waals surface area contributed by atoms with Crippen LogP contribution >= 0.6 is 15.9 Å². The van der Waals surface area contributed by atoms with Gasteiger partial charge in [0.25, 0.3) is 0 Å². The molecule has 1 aromatic carbocycles. The average Bonchev–Trinajstić information content (AvgIpc) is 2.78. The molecule has 1 aliphatic rings. The minimum Gasteiger partial charge on any atom is -0.392 e. The molecule has 2 atom stereocenters. The SMILES string of the molecule is CC(O)CNC(=O)C1CC(=O)N(c2ccccc2Br)C1. The number of aliphatic hydroxyl groups excluding tert-OH is 1. The Morgan fingerprint density at radius 3 is 2.90 bits per heavy atom. The zero-order chi connectivity index (χ0) is 14.7. The van der Waals surface area contributed by atoms with Crippen molar-refractivity contribution in [1.29, 1.82) is 0 Å². The maximum atomic E-state index is 12.1. The number of nitrogens with zero attached hydrogens (tertiary/aromatic N) is 1. The lowest BCUT2D eigenvalue weighted by Crippen LogP contribution is -2.36. The van der Waals surface area contributed by atoms with Crippen LogP contribution in [0.5, 0.6) is 0 Å². The maximum absolute atomic E-state index is 12.1. The third-order valence-corrected chi connectivity index (χ3v) is 3.88. The maximum Gasteiger partial charge on any atom is 0.227 e. The van der Waals surface area contributed by atoms with Crippen LogP contribution in [0.4, 0.5) is 5.69 Å². The molecule has 0 bridgehead atoms. The van der Waals surface area contributed by atoms with Gasteiger partial charge in [0.15, 0.2) is 0 Å². The van der Waals surface area contributed by atoms with E-state index < -0.39 is 6.10 Å². The van der Waals surface area contributed by atoms with E-state index in [1.165, 1.54) is 0 Å². The minimum atomic E-state index is -0.588. The number of hydrogen-bond acceptors (Lipinski definition) is 3. The van der Waals surface area contributed by atoms with Gasteiger partial charge in [0.05, 0.1) is 17.7 Å². The molecule has 5 nitrogen and oxygen atoms in total. The van der Waals surface area contributed by atoms with Gasteiger partial charge in [0, 0.05) is 24.0 Å². The first-order valence-corrected chi connectivity index (χ1v) is 7.29. The summed E-state index contributed by atoms with van der Waals surface area (Å²) < 4.78 is 0.832. The highest BCUT2D eigenvalue weighted by atomic mass is 79.9. The lowest BCUT2D eigenvalue weighted by molar-refractivity contribution is -0.126. The fraction of sp³-hybridized carbons (Fsp3) is 0.429. The van der Waals surface area contributed by atoms with Gasteiger partial charge in [-0.05, 0) is 35.0 Å². The van der Waals surface area contributed by atoms with Gasteiger partial charge < -0.3 is 15.3 Å².